The van der Waals surface area contributed by atoms with Gasteiger partial charge in [-0.05, 0) is 174 Å². The SMILES string of the molecule is C=C(C)N1CC(N(Cc2cc([C@@H]3CC4(CC4)[C@@H]4CC3C(=O)N4O)no2)C(=O)OC(C)(C)C)C1.C=C(C)N1CC(N(Cc2cc([C@@H]3CC4(CC4)[C@@H]4CC3C(=O)N4OS(=O)(=O)[O-])no2)C(=O)OC(C)(C)C)C1.CCCC[N+](CCCC)(CCCC)CCCC.N=C(N)N1CC(NCc2cc([C@@H]3CC4(CC4)[C@@H]4CC3C(=O)N4OS(=O)(=O)O)no2)C1.[Y].[Y]. The Bertz CT molecular complexity index is 4290. The summed E-state index contributed by atoms with van der Waals surface area (Å²) >= 11 is 0. The summed E-state index contributed by atoms with van der Waals surface area (Å²) in [5.41, 5.74) is 7.59. The van der Waals surface area contributed by atoms with E-state index in [9.17, 15) is 50.6 Å². The molecule has 38 heteroatoms. The van der Waals surface area contributed by atoms with Gasteiger partial charge >= 0.3 is 22.6 Å². The van der Waals surface area contributed by atoms with Gasteiger partial charge in [-0.15, -0.1) is 4.28 Å². The Kier molecular flexibility index (Phi) is 30.9. The van der Waals surface area contributed by atoms with Gasteiger partial charge < -0.3 is 57.8 Å². The summed E-state index contributed by atoms with van der Waals surface area (Å²) in [5, 5.41) is 36.4. The minimum atomic E-state index is -5.07. The van der Waals surface area contributed by atoms with Crippen LogP contribution in [0.2, 0.25) is 0 Å². The number of allylic oxidation sites excluding steroid dienone is 2. The number of ether oxygens (including phenoxy) is 2. The molecule has 3 aromatic rings. The fourth-order valence-corrected chi connectivity index (χ4v) is 20.1. The van der Waals surface area contributed by atoms with Gasteiger partial charge in [0.1, 0.15) is 11.2 Å². The number of guanidine groups is 1. The van der Waals surface area contributed by atoms with Crippen LogP contribution < -0.4 is 11.1 Å². The molecule has 34 nitrogen and oxygen atoms in total. The maximum absolute atomic E-state index is 13.1. The van der Waals surface area contributed by atoms with Crippen molar-refractivity contribution in [3.05, 3.63) is 77.1 Å². The number of carbonyl (C=O) groups excluding carboxylic acids is 5. The topological polar surface area (TPSA) is 420 Å². The number of fused-ring (bicyclic) bond motifs is 9. The van der Waals surface area contributed by atoms with E-state index >= 15 is 0 Å². The Hall–Kier alpha value is -5.24. The molecule has 9 heterocycles. The number of hydrogen-bond donors (Lipinski definition) is 5. The molecule has 6 aliphatic carbocycles. The second kappa shape index (κ2) is 38.3. The van der Waals surface area contributed by atoms with Crippen LogP contribution in [0.4, 0.5) is 9.59 Å². The predicted octanol–water partition coefficient (Wildman–Crippen LogP) is 10.6. The maximum atomic E-state index is 13.1. The minimum absolute atomic E-state index is 0. The van der Waals surface area contributed by atoms with Crippen LogP contribution in [-0.4, -0.2) is 240 Å². The molecule has 6 bridgehead atoms. The first-order valence-electron chi connectivity index (χ1n) is 42.4. The average molecular weight is 1860 g/mol. The molecule has 0 aromatic carbocycles. The first-order chi connectivity index (χ1) is 55.0. The van der Waals surface area contributed by atoms with Gasteiger partial charge in [-0.25, -0.2) is 28.1 Å². The summed E-state index contributed by atoms with van der Waals surface area (Å²) in [6.07, 6.45) is 19.4. The monoisotopic (exact) mass is 1860 g/mol. The maximum Gasteiger partial charge on any atom is 0.418 e. The Morgan fingerprint density at radius 3 is 1.27 bits per heavy atom. The van der Waals surface area contributed by atoms with E-state index in [1.165, 1.54) is 82.0 Å². The summed E-state index contributed by atoms with van der Waals surface area (Å²) in [6, 6.07) is 4.77. The van der Waals surface area contributed by atoms with Crippen molar-refractivity contribution < 1.29 is 157 Å². The summed E-state index contributed by atoms with van der Waals surface area (Å²) < 4.78 is 104. The minimum Gasteiger partial charge on any atom is -0.724 e. The number of hydrogen-bond acceptors (Lipinski definition) is 25. The number of unbranched alkanes of at least 4 members (excludes halogenated alkanes) is 4. The first-order valence-corrected chi connectivity index (χ1v) is 45.1. The molecule has 9 atom stereocenters. The number of amides is 5. The van der Waals surface area contributed by atoms with Crippen molar-refractivity contribution in [3.63, 3.8) is 0 Å². The molecule has 3 spiro atoms. The van der Waals surface area contributed by atoms with Gasteiger partial charge in [0, 0.05) is 158 Å². The van der Waals surface area contributed by atoms with E-state index in [1.807, 2.05) is 67.5 Å². The zero-order chi connectivity index (χ0) is 84.9. The van der Waals surface area contributed by atoms with E-state index in [0.29, 0.717) is 107 Å². The Balaban J connectivity index is 0.000000171. The van der Waals surface area contributed by atoms with Crippen LogP contribution >= 0.6 is 0 Å². The number of rotatable bonds is 30. The van der Waals surface area contributed by atoms with Gasteiger partial charge in [0.25, 0.3) is 11.8 Å². The van der Waals surface area contributed by atoms with Gasteiger partial charge in [0.15, 0.2) is 23.2 Å². The summed E-state index contributed by atoms with van der Waals surface area (Å²) in [6.45, 7) is 42.7. The molecular formula is C81H127N15O19S2Y2. The van der Waals surface area contributed by atoms with E-state index in [0.717, 1.165) is 77.2 Å². The summed E-state index contributed by atoms with van der Waals surface area (Å²) in [7, 11) is -9.83. The molecule has 3 unspecified atom stereocenters. The van der Waals surface area contributed by atoms with E-state index in [1.54, 1.807) is 20.8 Å². The molecule has 6 N–H and O–H groups in total. The average Bonchev–Trinajstić information content (AvgIpc) is 1.56. The summed E-state index contributed by atoms with van der Waals surface area (Å²) in [4.78, 5) is 73.8. The first kappa shape index (κ1) is 96.0. The molecule has 6 saturated heterocycles. The van der Waals surface area contributed by atoms with E-state index in [2.05, 4.69) is 80.0 Å². The largest absolute Gasteiger partial charge is 0.724 e. The number of hydroxylamine groups is 6. The molecule has 12 aliphatic rings. The zero-order valence-electron chi connectivity index (χ0n) is 71.7. The van der Waals surface area contributed by atoms with Crippen molar-refractivity contribution >= 4 is 56.7 Å². The van der Waals surface area contributed by atoms with Crippen molar-refractivity contribution in [3.8, 4) is 0 Å². The van der Waals surface area contributed by atoms with Crippen LogP contribution in [0.15, 0.2) is 56.3 Å². The molecule has 12 fully saturated rings. The van der Waals surface area contributed by atoms with Gasteiger partial charge in [-0.1, -0.05) is 82.0 Å². The van der Waals surface area contributed by atoms with Crippen molar-refractivity contribution in [2.24, 2.45) is 39.7 Å². The standard InChI is InChI=1S/C24H34N4O8S.C24H34N4O5.C17H24N6O6S.C16H36N.2Y/c1-14(2)26-11-15(12-26)27(22(30)34-23(3,4)5)13-16-8-19(25-35-16)18-10-24(6-7-24)20-9-17(18)21(29)28(20)36-37(31,32)33;1-14(2)26-11-15(12-26)27(22(30)32-23(3,4)5)13-16-8-19(25-33-16)18-10-24(6-7-24)20-9-17(18)21(29)28(20)31;18-16(19)22-7-9(8-22)20-6-10-3-13(21-28-10)12-5-17(1-2-17)14-4-11(12)15(24)23(14)29-30(25,26)27;1-5-9-13-17(14-10-6-2,15-11-7-3)16-12-8-4;;/h8,15,17-18,20H,1,6-7,9-13H2,2-5H3,(H,31,32,33);8,15,17-18,20,31H,1,6-7,9-13H2,2-5H3;3,9,11-12,14,20H,1-2,4-8H2,(H3,18,19)(H,25,26,27);5-16H2,1-4H3;;/q;;;+1;;/p-1/t2*17?,18-,20+;11?,12-,14+;;;/m111.../s1. The molecule has 6 aliphatic heterocycles. The summed E-state index contributed by atoms with van der Waals surface area (Å²) in [5.74, 6) is -1.25. The number of carbonyl (C=O) groups is 5. The van der Waals surface area contributed by atoms with Gasteiger partial charge in [-0.2, -0.15) is 17.8 Å². The molecule has 6 saturated carbocycles. The van der Waals surface area contributed by atoms with Crippen LogP contribution in [0.25, 0.3) is 0 Å². The van der Waals surface area contributed by atoms with Crippen LogP contribution in [0, 0.1) is 39.4 Å². The van der Waals surface area contributed by atoms with Crippen LogP contribution in [-0.2, 0) is 138 Å². The molecule has 119 heavy (non-hydrogen) atoms. The fraction of sp³-hybridized carbons (Fsp3) is 0.765. The van der Waals surface area contributed by atoms with Crippen molar-refractivity contribution in [1.82, 2.24) is 60.5 Å². The molecular weight excluding hydrogens is 1730 g/mol. The number of quaternary nitrogens is 1. The van der Waals surface area contributed by atoms with Crippen molar-refractivity contribution in [2.45, 2.75) is 296 Å². The van der Waals surface area contributed by atoms with Crippen molar-refractivity contribution in [2.75, 3.05) is 65.4 Å². The third kappa shape index (κ3) is 22.7. The number of nitrogens with two attached hydrogens (primary N) is 1. The zero-order valence-corrected chi connectivity index (χ0v) is 79.0. The smallest absolute Gasteiger partial charge is 0.418 e. The van der Waals surface area contributed by atoms with Gasteiger partial charge in [-0.3, -0.25) is 39.4 Å². The van der Waals surface area contributed by atoms with Crippen molar-refractivity contribution in [1.29, 1.82) is 5.41 Å². The normalized spacial score (nSPS) is 25.4. The van der Waals surface area contributed by atoms with Crippen LogP contribution in [0.1, 0.15) is 264 Å². The van der Waals surface area contributed by atoms with E-state index in [-0.39, 0.29) is 167 Å². The number of aromatic nitrogens is 3. The fourth-order valence-electron chi connectivity index (χ4n) is 19.4. The quantitative estimate of drug-likeness (QED) is 0.0103. The number of likely N-dealkylation sites (tertiary alicyclic amines) is 3. The second-order valence-corrected chi connectivity index (χ2v) is 39.5. The molecule has 5 amide bonds. The molecule has 15 rings (SSSR count). The second-order valence-electron chi connectivity index (χ2n) is 37.6. The Morgan fingerprint density at radius 1 is 0.588 bits per heavy atom. The van der Waals surface area contributed by atoms with E-state index in [4.69, 9.17) is 38.7 Å². The molecule has 2 radical (unpaired) electrons. The van der Waals surface area contributed by atoms with Crippen LogP contribution in [0.5, 0.6) is 0 Å². The predicted molar refractivity (Wildman–Crippen MR) is 425 cm³/mol. The number of nitrogens with one attached hydrogen (secondary N) is 2. The van der Waals surface area contributed by atoms with Gasteiger partial charge in [0.2, 0.25) is 16.3 Å². The third-order valence-electron chi connectivity index (χ3n) is 26.6. The van der Waals surface area contributed by atoms with Crippen LogP contribution in [0.3, 0.4) is 0 Å². The Labute approximate surface area is 751 Å². The molecule has 658 valence electrons. The Morgan fingerprint density at radius 2 is 0.933 bits per heavy atom. The van der Waals surface area contributed by atoms with E-state index < -0.39 is 67.8 Å². The molecule has 3 aromatic heterocycles. The number of nitrogens with zero attached hydrogens (tertiary/aromatic N) is 12. The third-order valence-corrected chi connectivity index (χ3v) is 27.3. The van der Waals surface area contributed by atoms with Gasteiger partial charge in [0.05, 0.1) is 111 Å².